The number of quaternary nitrogens is 1. The van der Waals surface area contributed by atoms with Gasteiger partial charge < -0.3 is 9.64 Å². The molecular weight excluding hydrogens is 312 g/mol. The van der Waals surface area contributed by atoms with Crippen molar-refractivity contribution in [2.75, 3.05) is 45.9 Å². The van der Waals surface area contributed by atoms with Crippen LogP contribution in [-0.4, -0.2) is 74.4 Å². The highest BCUT2D eigenvalue weighted by Gasteiger charge is 2.42. The number of rotatable bonds is 7. The van der Waals surface area contributed by atoms with Gasteiger partial charge in [0, 0.05) is 12.3 Å². The minimum absolute atomic E-state index is 0.0728. The fraction of sp³-hybridized carbons (Fsp3) is 0.625. The molecule has 2 rings (SSSR count). The van der Waals surface area contributed by atoms with Crippen LogP contribution >= 0.6 is 0 Å². The van der Waals surface area contributed by atoms with Crippen LogP contribution in [0.5, 0.6) is 0 Å². The topological polar surface area (TPSA) is 92.5 Å². The summed E-state index contributed by atoms with van der Waals surface area (Å²) in [6.45, 7) is 10.2. The molecule has 8 nitrogen and oxygen atoms in total. The van der Waals surface area contributed by atoms with Crippen LogP contribution < -0.4 is 10.2 Å². The molecule has 24 heavy (non-hydrogen) atoms. The maximum absolute atomic E-state index is 12.5. The van der Waals surface area contributed by atoms with E-state index in [0.29, 0.717) is 18.7 Å². The van der Waals surface area contributed by atoms with Gasteiger partial charge in [-0.3, -0.25) is 24.8 Å². The number of nitrogens with zero attached hydrogens (tertiary/aromatic N) is 2. The van der Waals surface area contributed by atoms with E-state index in [1.54, 1.807) is 0 Å². The van der Waals surface area contributed by atoms with Gasteiger partial charge in [-0.2, -0.15) is 0 Å². The fourth-order valence-electron chi connectivity index (χ4n) is 2.88. The number of barbiturate groups is 1. The van der Waals surface area contributed by atoms with Crippen molar-refractivity contribution in [2.45, 2.75) is 13.3 Å². The van der Waals surface area contributed by atoms with Crippen molar-refractivity contribution >= 4 is 23.6 Å². The molecular formula is C16H25N4O4+. The maximum atomic E-state index is 12.5. The third-order valence-electron chi connectivity index (χ3n) is 4.24. The van der Waals surface area contributed by atoms with Gasteiger partial charge in [-0.15, -0.1) is 6.58 Å². The molecule has 0 aromatic rings. The monoisotopic (exact) mass is 337 g/mol. The van der Waals surface area contributed by atoms with Crippen LogP contribution in [0.4, 0.5) is 4.79 Å². The van der Waals surface area contributed by atoms with Crippen LogP contribution in [0.3, 0.4) is 0 Å². The van der Waals surface area contributed by atoms with Crippen molar-refractivity contribution in [3.05, 3.63) is 12.7 Å². The Morgan fingerprint density at radius 1 is 1.42 bits per heavy atom. The average molecular weight is 337 g/mol. The molecule has 0 saturated carbocycles. The summed E-state index contributed by atoms with van der Waals surface area (Å²) in [4.78, 5) is 43.3. The number of nitrogens with one attached hydrogen (secondary N) is 2. The number of amides is 4. The molecule has 2 aliphatic rings. The summed E-state index contributed by atoms with van der Waals surface area (Å²) in [5.74, 6) is -2.14. The number of morpholine rings is 1. The van der Waals surface area contributed by atoms with Gasteiger partial charge in [0.25, 0.3) is 0 Å². The lowest BCUT2D eigenvalue weighted by Crippen LogP contribution is -3.14. The van der Waals surface area contributed by atoms with E-state index in [4.69, 9.17) is 4.74 Å². The lowest BCUT2D eigenvalue weighted by Gasteiger charge is -2.30. The van der Waals surface area contributed by atoms with Gasteiger partial charge in [0.05, 0.1) is 26.3 Å². The first-order valence-electron chi connectivity index (χ1n) is 8.30. The molecule has 2 aliphatic heterocycles. The van der Waals surface area contributed by atoms with Crippen molar-refractivity contribution in [2.24, 2.45) is 10.9 Å². The molecule has 132 valence electrons. The van der Waals surface area contributed by atoms with Crippen LogP contribution in [0.15, 0.2) is 17.6 Å². The first kappa shape index (κ1) is 18.3. The molecule has 2 N–H and O–H groups in total. The SMILES string of the molecule is C=CCN1C(=O)NC(=O)C(C(CC)=NCC[NH+]2CCOCC2)C1=O. The van der Waals surface area contributed by atoms with Gasteiger partial charge in [-0.05, 0) is 6.42 Å². The van der Waals surface area contributed by atoms with E-state index in [9.17, 15) is 14.4 Å². The predicted molar refractivity (Wildman–Crippen MR) is 87.9 cm³/mol. The third kappa shape index (κ3) is 4.27. The van der Waals surface area contributed by atoms with Crippen molar-refractivity contribution in [3.8, 4) is 0 Å². The fourth-order valence-corrected chi connectivity index (χ4v) is 2.88. The maximum Gasteiger partial charge on any atom is 0.331 e. The summed E-state index contributed by atoms with van der Waals surface area (Å²) >= 11 is 0. The number of aliphatic imine (C=N–C) groups is 1. The Balaban J connectivity index is 2.04. The van der Waals surface area contributed by atoms with Crippen LogP contribution in [0, 0.1) is 5.92 Å². The van der Waals surface area contributed by atoms with Gasteiger partial charge >= 0.3 is 6.03 Å². The second-order valence-corrected chi connectivity index (χ2v) is 5.80. The van der Waals surface area contributed by atoms with Crippen molar-refractivity contribution in [1.29, 1.82) is 0 Å². The Bertz CT molecular complexity index is 540. The number of carbonyl (C=O) groups is 3. The molecule has 0 radical (unpaired) electrons. The van der Waals surface area contributed by atoms with Gasteiger partial charge in [-0.1, -0.05) is 13.0 Å². The lowest BCUT2D eigenvalue weighted by atomic mass is 9.96. The highest BCUT2D eigenvalue weighted by molar-refractivity contribution is 6.27. The van der Waals surface area contributed by atoms with Gasteiger partial charge in [0.1, 0.15) is 13.1 Å². The van der Waals surface area contributed by atoms with Gasteiger partial charge in [0.15, 0.2) is 5.92 Å². The molecule has 0 aromatic heterocycles. The quantitative estimate of drug-likeness (QED) is 0.341. The smallest absolute Gasteiger partial charge is 0.331 e. The Kier molecular flexibility index (Phi) is 6.62. The number of hydrogen-bond donors (Lipinski definition) is 2. The zero-order valence-electron chi connectivity index (χ0n) is 14.0. The second kappa shape index (κ2) is 8.70. The molecule has 2 saturated heterocycles. The van der Waals surface area contributed by atoms with E-state index in [0.717, 1.165) is 37.7 Å². The summed E-state index contributed by atoms with van der Waals surface area (Å²) in [6.07, 6.45) is 1.94. The summed E-state index contributed by atoms with van der Waals surface area (Å²) in [6, 6.07) is -0.700. The highest BCUT2D eigenvalue weighted by Crippen LogP contribution is 2.14. The predicted octanol–water partition coefficient (Wildman–Crippen LogP) is -1.37. The lowest BCUT2D eigenvalue weighted by molar-refractivity contribution is -0.906. The highest BCUT2D eigenvalue weighted by atomic mass is 16.5. The molecule has 0 spiro atoms. The molecule has 1 unspecified atom stereocenters. The van der Waals surface area contributed by atoms with E-state index >= 15 is 0 Å². The van der Waals surface area contributed by atoms with E-state index in [-0.39, 0.29) is 6.54 Å². The van der Waals surface area contributed by atoms with Gasteiger partial charge in [-0.25, -0.2) is 4.79 Å². The molecule has 0 aromatic carbocycles. The van der Waals surface area contributed by atoms with Crippen LogP contribution in [-0.2, 0) is 14.3 Å². The third-order valence-corrected chi connectivity index (χ3v) is 4.24. The number of urea groups is 1. The number of imide groups is 2. The van der Waals surface area contributed by atoms with E-state index in [1.165, 1.54) is 11.0 Å². The zero-order chi connectivity index (χ0) is 17.5. The minimum atomic E-state index is -1.02. The average Bonchev–Trinajstić information content (AvgIpc) is 2.58. The number of ether oxygens (including phenoxy) is 1. The second-order valence-electron chi connectivity index (χ2n) is 5.80. The Morgan fingerprint density at radius 3 is 2.75 bits per heavy atom. The molecule has 0 aliphatic carbocycles. The van der Waals surface area contributed by atoms with Crippen LogP contribution in [0.1, 0.15) is 13.3 Å². The summed E-state index contributed by atoms with van der Waals surface area (Å²) in [7, 11) is 0. The summed E-state index contributed by atoms with van der Waals surface area (Å²) in [5, 5.41) is 2.23. The minimum Gasteiger partial charge on any atom is -0.370 e. The molecule has 0 bridgehead atoms. The Labute approximate surface area is 141 Å². The molecule has 2 heterocycles. The molecule has 8 heteroatoms. The van der Waals surface area contributed by atoms with Crippen LogP contribution in [0.25, 0.3) is 0 Å². The van der Waals surface area contributed by atoms with E-state index in [2.05, 4.69) is 16.9 Å². The first-order valence-corrected chi connectivity index (χ1v) is 8.30. The Hall–Kier alpha value is -2.06. The number of carbonyl (C=O) groups excluding carboxylic acids is 3. The summed E-state index contributed by atoms with van der Waals surface area (Å²) < 4.78 is 5.32. The van der Waals surface area contributed by atoms with E-state index in [1.807, 2.05) is 6.92 Å². The molecule has 1 atom stereocenters. The molecule has 2 fully saturated rings. The largest absolute Gasteiger partial charge is 0.370 e. The van der Waals surface area contributed by atoms with Gasteiger partial charge in [0.2, 0.25) is 11.8 Å². The first-order chi connectivity index (χ1) is 11.6. The van der Waals surface area contributed by atoms with Crippen molar-refractivity contribution in [3.63, 3.8) is 0 Å². The normalized spacial score (nSPS) is 23.4. The van der Waals surface area contributed by atoms with E-state index < -0.39 is 23.8 Å². The zero-order valence-corrected chi connectivity index (χ0v) is 14.0. The summed E-state index contributed by atoms with van der Waals surface area (Å²) in [5.41, 5.74) is 0.520. The van der Waals surface area contributed by atoms with Crippen LogP contribution in [0.2, 0.25) is 0 Å². The standard InChI is InChI=1S/C16H24N4O4/c1-3-6-20-15(22)13(14(21)18-16(20)23)12(4-2)17-5-7-19-8-10-24-11-9-19/h3,13H,1,4-11H2,2H3,(H,18,21,23)/p+1. The van der Waals surface area contributed by atoms with Crippen molar-refractivity contribution < 1.29 is 24.0 Å². The Morgan fingerprint density at radius 2 is 2.12 bits per heavy atom. The number of hydrogen-bond acceptors (Lipinski definition) is 5. The van der Waals surface area contributed by atoms with Crippen molar-refractivity contribution in [1.82, 2.24) is 10.2 Å². The molecule has 4 amide bonds.